The molecule has 0 aromatic carbocycles. The summed E-state index contributed by atoms with van der Waals surface area (Å²) in [6.45, 7) is -0.130. The van der Waals surface area contributed by atoms with E-state index in [0.717, 1.165) is 24.7 Å². The standard InChI is InChI=1S/C20H31NO7S.Na/c22-18(21-5-6-29(23,24)25)12-13-1-3-19(4-2-13)26-20(28-27-19)16-8-14-7-15(10-16)11-17(20)9-14;/h13-17H,1-12H2,(H,21,22)(H,23,24,25);/q;+1/p-1. The summed E-state index contributed by atoms with van der Waals surface area (Å²) in [6, 6.07) is 0. The molecule has 1 N–H and O–H groups in total. The molecule has 6 fully saturated rings. The van der Waals surface area contributed by atoms with E-state index in [1.54, 1.807) is 0 Å². The van der Waals surface area contributed by atoms with E-state index >= 15 is 0 Å². The van der Waals surface area contributed by atoms with Crippen molar-refractivity contribution in [1.82, 2.24) is 5.32 Å². The number of rotatable bonds is 5. The summed E-state index contributed by atoms with van der Waals surface area (Å²) >= 11 is 0. The topological polar surface area (TPSA) is 114 Å². The SMILES string of the molecule is O=C(CC1CCC2(CC1)OOC1(O2)C2CC3CC(C2)CC1C3)NCCS(=O)(=O)[O-].[Na+]. The van der Waals surface area contributed by atoms with Crippen molar-refractivity contribution in [2.75, 3.05) is 12.3 Å². The van der Waals surface area contributed by atoms with Crippen LogP contribution < -0.4 is 34.9 Å². The molecule has 0 unspecified atom stereocenters. The first-order valence-corrected chi connectivity index (χ1v) is 12.6. The van der Waals surface area contributed by atoms with E-state index in [1.807, 2.05) is 0 Å². The first-order valence-electron chi connectivity index (χ1n) is 11.0. The molecule has 1 amide bonds. The molecule has 6 rings (SSSR count). The third kappa shape index (κ3) is 4.51. The van der Waals surface area contributed by atoms with Gasteiger partial charge < -0.3 is 14.6 Å². The minimum absolute atomic E-state index is 0. The maximum Gasteiger partial charge on any atom is 1.00 e. The van der Waals surface area contributed by atoms with Gasteiger partial charge in [0, 0.05) is 37.6 Å². The van der Waals surface area contributed by atoms with Crippen LogP contribution in [0.25, 0.3) is 0 Å². The van der Waals surface area contributed by atoms with E-state index in [2.05, 4.69) is 5.32 Å². The normalized spacial score (nSPS) is 44.4. The molecule has 4 bridgehead atoms. The van der Waals surface area contributed by atoms with Gasteiger partial charge in [0.25, 0.3) is 0 Å². The molecule has 8 nitrogen and oxygen atoms in total. The fourth-order valence-electron chi connectivity index (χ4n) is 6.77. The average Bonchev–Trinajstić information content (AvgIpc) is 3.01. The Morgan fingerprint density at radius 3 is 2.17 bits per heavy atom. The zero-order valence-corrected chi connectivity index (χ0v) is 20.5. The van der Waals surface area contributed by atoms with E-state index in [-0.39, 0.29) is 47.9 Å². The quantitative estimate of drug-likeness (QED) is 0.326. The Morgan fingerprint density at radius 1 is 1.00 bits per heavy atom. The number of carbonyl (C=O) groups is 1. The number of amides is 1. The first kappa shape index (κ1) is 23.4. The molecule has 0 aromatic rings. The van der Waals surface area contributed by atoms with Crippen LogP contribution in [0.4, 0.5) is 0 Å². The van der Waals surface area contributed by atoms with Crippen molar-refractivity contribution in [3.05, 3.63) is 0 Å². The summed E-state index contributed by atoms with van der Waals surface area (Å²) in [6.07, 6.45) is 9.46. The molecule has 10 heteroatoms. The zero-order valence-electron chi connectivity index (χ0n) is 17.6. The van der Waals surface area contributed by atoms with E-state index in [9.17, 15) is 17.8 Å². The van der Waals surface area contributed by atoms with Crippen LogP contribution >= 0.6 is 0 Å². The van der Waals surface area contributed by atoms with Gasteiger partial charge in [0.1, 0.15) is 0 Å². The van der Waals surface area contributed by atoms with Gasteiger partial charge in [-0.2, -0.15) is 9.78 Å². The molecule has 0 atom stereocenters. The van der Waals surface area contributed by atoms with Crippen molar-refractivity contribution < 1.29 is 61.8 Å². The summed E-state index contributed by atoms with van der Waals surface area (Å²) in [5.41, 5.74) is 0. The second kappa shape index (κ2) is 8.56. The largest absolute Gasteiger partial charge is 1.00 e. The maximum atomic E-state index is 12.0. The van der Waals surface area contributed by atoms with Gasteiger partial charge >= 0.3 is 29.6 Å². The van der Waals surface area contributed by atoms with Crippen LogP contribution in [0.15, 0.2) is 0 Å². The van der Waals surface area contributed by atoms with Crippen LogP contribution in [0.5, 0.6) is 0 Å². The van der Waals surface area contributed by atoms with Crippen molar-refractivity contribution >= 4 is 16.0 Å². The molecule has 164 valence electrons. The predicted octanol–water partition coefficient (Wildman–Crippen LogP) is -0.941. The summed E-state index contributed by atoms with van der Waals surface area (Å²) < 4.78 is 38.5. The fourth-order valence-corrected chi connectivity index (χ4v) is 7.12. The van der Waals surface area contributed by atoms with Gasteiger partial charge in [0.15, 0.2) is 0 Å². The number of hydrogen-bond donors (Lipinski definition) is 1. The molecule has 1 aliphatic heterocycles. The van der Waals surface area contributed by atoms with Crippen molar-refractivity contribution in [1.29, 1.82) is 0 Å². The Kier molecular flexibility index (Phi) is 6.68. The number of nitrogens with one attached hydrogen (secondary N) is 1. The number of carbonyl (C=O) groups excluding carboxylic acids is 1. The van der Waals surface area contributed by atoms with Gasteiger partial charge in [0.2, 0.25) is 17.5 Å². The molecule has 2 spiro atoms. The molecule has 30 heavy (non-hydrogen) atoms. The van der Waals surface area contributed by atoms with Crippen molar-refractivity contribution in [3.63, 3.8) is 0 Å². The molecular formula is C20H30NNaO7S. The Hall–Kier alpha value is 0.260. The second-order valence-electron chi connectivity index (χ2n) is 9.96. The average molecular weight is 452 g/mol. The van der Waals surface area contributed by atoms with Crippen LogP contribution in [0.2, 0.25) is 0 Å². The van der Waals surface area contributed by atoms with Crippen LogP contribution in [-0.2, 0) is 29.4 Å². The third-order valence-corrected chi connectivity index (χ3v) is 8.66. The third-order valence-electron chi connectivity index (χ3n) is 7.96. The second-order valence-corrected chi connectivity index (χ2v) is 11.5. The molecule has 6 aliphatic rings. The van der Waals surface area contributed by atoms with E-state index in [4.69, 9.17) is 14.5 Å². The van der Waals surface area contributed by atoms with Gasteiger partial charge in [-0.1, -0.05) is 0 Å². The Labute approximate surface area is 200 Å². The van der Waals surface area contributed by atoms with Gasteiger partial charge in [0.05, 0.1) is 15.9 Å². The van der Waals surface area contributed by atoms with Crippen LogP contribution in [0.3, 0.4) is 0 Å². The summed E-state index contributed by atoms with van der Waals surface area (Å²) in [4.78, 5) is 23.9. The molecular weight excluding hydrogens is 421 g/mol. The van der Waals surface area contributed by atoms with Gasteiger partial charge in [-0.05, 0) is 62.7 Å². The minimum atomic E-state index is -4.30. The summed E-state index contributed by atoms with van der Waals surface area (Å²) in [5, 5.41) is 2.52. The molecule has 1 heterocycles. The molecule has 0 radical (unpaired) electrons. The van der Waals surface area contributed by atoms with Crippen LogP contribution in [0, 0.1) is 29.6 Å². The van der Waals surface area contributed by atoms with Crippen LogP contribution in [0.1, 0.15) is 64.2 Å². The van der Waals surface area contributed by atoms with Crippen LogP contribution in [-0.4, -0.2) is 42.7 Å². The number of ether oxygens (including phenoxy) is 1. The number of hydrogen-bond acceptors (Lipinski definition) is 7. The zero-order chi connectivity index (χ0) is 20.3. The summed E-state index contributed by atoms with van der Waals surface area (Å²) in [7, 11) is -4.30. The van der Waals surface area contributed by atoms with Gasteiger partial charge in [-0.25, -0.2) is 8.42 Å². The predicted molar refractivity (Wildman–Crippen MR) is 99.9 cm³/mol. The van der Waals surface area contributed by atoms with Gasteiger partial charge in [-0.3, -0.25) is 4.79 Å². The monoisotopic (exact) mass is 451 g/mol. The first-order chi connectivity index (χ1) is 13.8. The molecule has 1 saturated heterocycles. The van der Waals surface area contributed by atoms with E-state index < -0.39 is 27.4 Å². The summed E-state index contributed by atoms with van der Waals surface area (Å²) in [5.74, 6) is 0.731. The smallest absolute Gasteiger partial charge is 0.748 e. The van der Waals surface area contributed by atoms with E-state index in [0.29, 0.717) is 31.1 Å². The minimum Gasteiger partial charge on any atom is -0.748 e. The van der Waals surface area contributed by atoms with Crippen molar-refractivity contribution in [3.8, 4) is 0 Å². The van der Waals surface area contributed by atoms with Gasteiger partial charge in [-0.15, -0.1) is 0 Å². The molecule has 0 aromatic heterocycles. The van der Waals surface area contributed by atoms with Crippen molar-refractivity contribution in [2.45, 2.75) is 75.8 Å². The Morgan fingerprint density at radius 2 is 1.60 bits per heavy atom. The maximum absolute atomic E-state index is 12.0. The fraction of sp³-hybridized carbons (Fsp3) is 0.950. The van der Waals surface area contributed by atoms with E-state index in [1.165, 1.54) is 32.1 Å². The molecule has 5 saturated carbocycles. The van der Waals surface area contributed by atoms with Crippen molar-refractivity contribution in [2.24, 2.45) is 29.6 Å². The Bertz CT molecular complexity index is 737. The molecule has 5 aliphatic carbocycles. The Balaban J connectivity index is 0.00000218.